The summed E-state index contributed by atoms with van der Waals surface area (Å²) in [6, 6.07) is 10.5. The summed E-state index contributed by atoms with van der Waals surface area (Å²) in [5, 5.41) is 4.36. The Morgan fingerprint density at radius 1 is 0.960 bits per heavy atom. The van der Waals surface area contributed by atoms with Crippen LogP contribution in [0, 0.1) is 5.82 Å². The second-order valence-corrected chi connectivity index (χ2v) is 5.82. The van der Waals surface area contributed by atoms with Crippen molar-refractivity contribution in [3.8, 4) is 0 Å². The van der Waals surface area contributed by atoms with E-state index in [-0.39, 0.29) is 11.4 Å². The SMILES string of the molecule is O=C1NC(=O)C(=Cc2ccc(Cc3ccccc3F)c(Cl)c2)C(=O)N1. The number of nitrogens with one attached hydrogen (secondary N) is 2. The van der Waals surface area contributed by atoms with Gasteiger partial charge in [-0.1, -0.05) is 41.9 Å². The Hall–Kier alpha value is -2.99. The average molecular weight is 359 g/mol. The second-order valence-electron chi connectivity index (χ2n) is 5.41. The van der Waals surface area contributed by atoms with Gasteiger partial charge in [-0.25, -0.2) is 9.18 Å². The van der Waals surface area contributed by atoms with Crippen molar-refractivity contribution in [2.24, 2.45) is 0 Å². The van der Waals surface area contributed by atoms with Crippen molar-refractivity contribution in [1.29, 1.82) is 0 Å². The number of halogens is 2. The number of urea groups is 1. The zero-order valence-corrected chi connectivity index (χ0v) is 13.6. The van der Waals surface area contributed by atoms with Crippen molar-refractivity contribution >= 4 is 35.5 Å². The van der Waals surface area contributed by atoms with Crippen molar-refractivity contribution < 1.29 is 18.8 Å². The number of rotatable bonds is 3. The molecule has 0 bridgehead atoms. The molecule has 2 aromatic rings. The van der Waals surface area contributed by atoms with E-state index in [9.17, 15) is 18.8 Å². The molecule has 3 rings (SSSR count). The quantitative estimate of drug-likeness (QED) is 0.654. The van der Waals surface area contributed by atoms with E-state index in [0.717, 1.165) is 0 Å². The van der Waals surface area contributed by atoms with Gasteiger partial charge in [0.25, 0.3) is 11.8 Å². The van der Waals surface area contributed by atoms with E-state index in [2.05, 4.69) is 0 Å². The summed E-state index contributed by atoms with van der Waals surface area (Å²) >= 11 is 6.24. The molecule has 1 fully saturated rings. The van der Waals surface area contributed by atoms with E-state index in [1.807, 2.05) is 10.6 Å². The molecule has 0 saturated carbocycles. The Labute approximate surface area is 147 Å². The molecule has 2 N–H and O–H groups in total. The van der Waals surface area contributed by atoms with Gasteiger partial charge in [-0.05, 0) is 34.9 Å². The highest BCUT2D eigenvalue weighted by Gasteiger charge is 2.27. The van der Waals surface area contributed by atoms with E-state index in [0.29, 0.717) is 28.1 Å². The van der Waals surface area contributed by atoms with Crippen molar-refractivity contribution in [3.63, 3.8) is 0 Å². The lowest BCUT2D eigenvalue weighted by atomic mass is 10.0. The van der Waals surface area contributed by atoms with Crippen LogP contribution >= 0.6 is 11.6 Å². The smallest absolute Gasteiger partial charge is 0.273 e. The molecule has 0 aliphatic carbocycles. The zero-order chi connectivity index (χ0) is 18.0. The van der Waals surface area contributed by atoms with Gasteiger partial charge in [0.05, 0.1) is 0 Å². The van der Waals surface area contributed by atoms with Gasteiger partial charge in [-0.3, -0.25) is 20.2 Å². The second kappa shape index (κ2) is 6.86. The van der Waals surface area contributed by atoms with Crippen LogP contribution in [0.3, 0.4) is 0 Å². The molecule has 4 amide bonds. The number of carbonyl (C=O) groups is 3. The molecule has 1 saturated heterocycles. The molecule has 0 atom stereocenters. The highest BCUT2D eigenvalue weighted by Crippen LogP contribution is 2.23. The number of benzene rings is 2. The third-order valence-corrected chi connectivity index (χ3v) is 4.02. The van der Waals surface area contributed by atoms with E-state index in [1.54, 1.807) is 36.4 Å². The molecule has 0 aromatic heterocycles. The molecule has 7 heteroatoms. The lowest BCUT2D eigenvalue weighted by Gasteiger charge is -2.14. The molecule has 0 unspecified atom stereocenters. The third kappa shape index (κ3) is 3.75. The number of amides is 4. The molecule has 2 aromatic carbocycles. The highest BCUT2D eigenvalue weighted by atomic mass is 35.5. The summed E-state index contributed by atoms with van der Waals surface area (Å²) < 4.78 is 13.7. The van der Waals surface area contributed by atoms with Crippen LogP contribution in [0.2, 0.25) is 5.02 Å². The Balaban J connectivity index is 1.86. The lowest BCUT2D eigenvalue weighted by molar-refractivity contribution is -0.123. The Morgan fingerprint density at radius 3 is 2.28 bits per heavy atom. The monoisotopic (exact) mass is 358 g/mol. The normalized spacial score (nSPS) is 14.2. The van der Waals surface area contributed by atoms with Gasteiger partial charge in [0.2, 0.25) is 0 Å². The van der Waals surface area contributed by atoms with Gasteiger partial charge < -0.3 is 0 Å². The summed E-state index contributed by atoms with van der Waals surface area (Å²) in [6.45, 7) is 0. The highest BCUT2D eigenvalue weighted by molar-refractivity contribution is 6.32. The van der Waals surface area contributed by atoms with Crippen molar-refractivity contribution in [2.75, 3.05) is 0 Å². The first-order chi connectivity index (χ1) is 11.9. The summed E-state index contributed by atoms with van der Waals surface area (Å²) in [4.78, 5) is 34.5. The Morgan fingerprint density at radius 2 is 1.64 bits per heavy atom. The summed E-state index contributed by atoms with van der Waals surface area (Å²) in [5.74, 6) is -1.87. The maximum absolute atomic E-state index is 13.7. The summed E-state index contributed by atoms with van der Waals surface area (Å²) in [6.07, 6.45) is 1.65. The zero-order valence-electron chi connectivity index (χ0n) is 12.8. The van der Waals surface area contributed by atoms with E-state index >= 15 is 0 Å². The van der Waals surface area contributed by atoms with E-state index < -0.39 is 17.8 Å². The summed E-state index contributed by atoms with van der Waals surface area (Å²) in [5.41, 5.74) is 1.54. The fourth-order valence-electron chi connectivity index (χ4n) is 2.42. The van der Waals surface area contributed by atoms with Crippen LogP contribution in [0.4, 0.5) is 9.18 Å². The minimum atomic E-state index is -0.856. The largest absolute Gasteiger partial charge is 0.328 e. The minimum absolute atomic E-state index is 0.197. The van der Waals surface area contributed by atoms with Crippen LogP contribution in [0.25, 0.3) is 6.08 Å². The number of barbiturate groups is 1. The first-order valence-corrected chi connectivity index (χ1v) is 7.72. The molecule has 25 heavy (non-hydrogen) atoms. The molecular weight excluding hydrogens is 347 g/mol. The van der Waals surface area contributed by atoms with Crippen LogP contribution in [0.5, 0.6) is 0 Å². The van der Waals surface area contributed by atoms with Crippen LogP contribution < -0.4 is 10.6 Å². The third-order valence-electron chi connectivity index (χ3n) is 3.67. The predicted molar refractivity (Wildman–Crippen MR) is 90.3 cm³/mol. The van der Waals surface area contributed by atoms with Gasteiger partial charge in [-0.2, -0.15) is 0 Å². The van der Waals surface area contributed by atoms with Crippen LogP contribution in [0.1, 0.15) is 16.7 Å². The fourth-order valence-corrected chi connectivity index (χ4v) is 2.67. The molecule has 1 heterocycles. The van der Waals surface area contributed by atoms with Crippen molar-refractivity contribution in [3.05, 3.63) is 75.6 Å². The molecule has 0 spiro atoms. The van der Waals surface area contributed by atoms with E-state index in [1.165, 1.54) is 12.1 Å². The van der Waals surface area contributed by atoms with Crippen LogP contribution in [0.15, 0.2) is 48.0 Å². The fraction of sp³-hybridized carbons (Fsp3) is 0.0556. The minimum Gasteiger partial charge on any atom is -0.273 e. The number of hydrogen-bond acceptors (Lipinski definition) is 3. The first-order valence-electron chi connectivity index (χ1n) is 7.34. The van der Waals surface area contributed by atoms with Crippen molar-refractivity contribution in [2.45, 2.75) is 6.42 Å². The summed E-state index contributed by atoms with van der Waals surface area (Å²) in [7, 11) is 0. The van der Waals surface area contributed by atoms with Crippen molar-refractivity contribution in [1.82, 2.24) is 10.6 Å². The van der Waals surface area contributed by atoms with Gasteiger partial charge in [-0.15, -0.1) is 0 Å². The average Bonchev–Trinajstić information content (AvgIpc) is 2.55. The molecular formula is C18H12ClFN2O3. The van der Waals surface area contributed by atoms with Gasteiger partial charge in [0.15, 0.2) is 0 Å². The van der Waals surface area contributed by atoms with E-state index in [4.69, 9.17) is 11.6 Å². The first kappa shape index (κ1) is 16.9. The number of imide groups is 2. The van der Waals surface area contributed by atoms with Gasteiger partial charge in [0, 0.05) is 11.4 Å². The topological polar surface area (TPSA) is 75.3 Å². The number of hydrogen-bond donors (Lipinski definition) is 2. The van der Waals surface area contributed by atoms with Gasteiger partial charge >= 0.3 is 6.03 Å². The maximum Gasteiger partial charge on any atom is 0.328 e. The maximum atomic E-state index is 13.7. The Kier molecular flexibility index (Phi) is 4.63. The Bertz CT molecular complexity index is 902. The van der Waals surface area contributed by atoms with Crippen LogP contribution in [-0.2, 0) is 16.0 Å². The molecule has 126 valence electrons. The standard InChI is InChI=1S/C18H12ClFN2O3/c19-14-8-10(7-13-16(23)21-18(25)22-17(13)24)5-6-11(14)9-12-3-1-2-4-15(12)20/h1-8H,9H2,(H2,21,22,23,24,25). The molecule has 1 aliphatic heterocycles. The molecule has 1 aliphatic rings. The van der Waals surface area contributed by atoms with Gasteiger partial charge in [0.1, 0.15) is 11.4 Å². The molecule has 5 nitrogen and oxygen atoms in total. The predicted octanol–water partition coefficient (Wildman–Crippen LogP) is 2.82. The van der Waals surface area contributed by atoms with Crippen LogP contribution in [-0.4, -0.2) is 17.8 Å². The molecule has 0 radical (unpaired) electrons. The number of carbonyl (C=O) groups excluding carboxylic acids is 3. The lowest BCUT2D eigenvalue weighted by Crippen LogP contribution is -2.51.